The Kier molecular flexibility index (Phi) is 9.15. The molecular weight excluding hydrogens is 725 g/mol. The molecule has 2 N–H and O–H groups in total. The van der Waals surface area contributed by atoms with Gasteiger partial charge in [0.05, 0.1) is 17.4 Å². The summed E-state index contributed by atoms with van der Waals surface area (Å²) in [6.07, 6.45) is -0.0698. The first-order valence-electron chi connectivity index (χ1n) is 15.1. The lowest BCUT2D eigenvalue weighted by molar-refractivity contribution is 0.103. The van der Waals surface area contributed by atoms with Gasteiger partial charge in [0.1, 0.15) is 17.6 Å². The van der Waals surface area contributed by atoms with E-state index >= 15 is 8.78 Å². The highest BCUT2D eigenvalue weighted by atomic mass is 79.9. The van der Waals surface area contributed by atoms with Crippen molar-refractivity contribution in [3.8, 4) is 0 Å². The summed E-state index contributed by atoms with van der Waals surface area (Å²) in [5, 5.41) is 1.63. The minimum atomic E-state index is -4.59. The topological polar surface area (TPSA) is 104 Å². The van der Waals surface area contributed by atoms with Crippen LogP contribution in [0.3, 0.4) is 0 Å². The summed E-state index contributed by atoms with van der Waals surface area (Å²) in [5.74, 6) is -3.60. The van der Waals surface area contributed by atoms with E-state index in [1.807, 2.05) is 81.4 Å². The number of rotatable bonds is 9. The molecule has 0 saturated carbocycles. The van der Waals surface area contributed by atoms with E-state index in [-0.39, 0.29) is 12.1 Å². The largest absolute Gasteiger partial charge is 0.400 e. The lowest BCUT2D eigenvalue weighted by Crippen LogP contribution is -2.68. The third kappa shape index (κ3) is 6.11. The molecule has 2 atom stereocenters. The van der Waals surface area contributed by atoms with Crippen LogP contribution in [0.25, 0.3) is 11.0 Å². The molecule has 0 spiro atoms. The second-order valence-corrected chi connectivity index (χ2v) is 19.5. The van der Waals surface area contributed by atoms with E-state index in [0.717, 1.165) is 26.8 Å². The maximum absolute atomic E-state index is 15.9. The van der Waals surface area contributed by atoms with Crippen molar-refractivity contribution in [2.75, 3.05) is 17.8 Å². The number of anilines is 1. The predicted molar refractivity (Wildman–Crippen MR) is 185 cm³/mol. The van der Waals surface area contributed by atoms with Crippen molar-refractivity contribution in [2.45, 2.75) is 38.1 Å². The van der Waals surface area contributed by atoms with Crippen LogP contribution in [0.5, 0.6) is 0 Å². The molecule has 3 aromatic carbocycles. The molecule has 0 amide bonds. The van der Waals surface area contributed by atoms with E-state index in [0.29, 0.717) is 15.5 Å². The molecule has 2 unspecified atom stereocenters. The minimum Gasteiger partial charge on any atom is -0.400 e. The number of halogens is 4. The summed E-state index contributed by atoms with van der Waals surface area (Å²) in [7, 11) is -7.82. The summed E-state index contributed by atoms with van der Waals surface area (Å²) < 4.78 is 84.2. The van der Waals surface area contributed by atoms with E-state index in [1.54, 1.807) is 6.07 Å². The molecule has 8 nitrogen and oxygen atoms in total. The van der Waals surface area contributed by atoms with Gasteiger partial charge in [-0.25, -0.2) is 18.2 Å². The number of hydrogen-bond donors (Lipinski definition) is 2. The third-order valence-corrected chi connectivity index (χ3v) is 15.5. The molecule has 1 aliphatic heterocycles. The number of carbonyl (C=O) groups excluding carboxylic acids is 1. The van der Waals surface area contributed by atoms with Gasteiger partial charge in [-0.15, -0.1) is 0 Å². The lowest BCUT2D eigenvalue weighted by Gasteiger charge is -2.44. The van der Waals surface area contributed by atoms with Crippen LogP contribution in [-0.2, 0) is 14.6 Å². The van der Waals surface area contributed by atoms with E-state index in [2.05, 4.69) is 30.6 Å². The SMILES string of the molecule is CC(C)(C)[Si](OC1CN(S(=O)(=O)Nc2ccc(F)c(C(=O)c3c[nH]c4ncc(Br)cc34)c2F)CC1F)(c1ccccc1)c1ccccc1. The fourth-order valence-electron chi connectivity index (χ4n) is 6.27. The Morgan fingerprint density at radius 2 is 1.65 bits per heavy atom. The Balaban J connectivity index is 1.29. The number of nitrogens with one attached hydrogen (secondary N) is 2. The smallest absolute Gasteiger partial charge is 0.301 e. The second-order valence-electron chi connectivity index (χ2n) is 12.6. The first-order chi connectivity index (χ1) is 22.7. The average molecular weight is 758 g/mol. The van der Waals surface area contributed by atoms with Crippen molar-refractivity contribution < 1.29 is 30.8 Å². The highest BCUT2D eigenvalue weighted by Gasteiger charge is 2.54. The first-order valence-corrected chi connectivity index (χ1v) is 19.2. The molecule has 14 heteroatoms. The molecule has 3 heterocycles. The zero-order valence-corrected chi connectivity index (χ0v) is 29.6. The number of H-pyrrole nitrogens is 1. The van der Waals surface area contributed by atoms with Crippen LogP contribution < -0.4 is 15.1 Å². The van der Waals surface area contributed by atoms with Gasteiger partial charge in [0.25, 0.3) is 8.32 Å². The highest BCUT2D eigenvalue weighted by Crippen LogP contribution is 2.39. The molecule has 1 saturated heterocycles. The molecule has 6 rings (SSSR count). The Morgan fingerprint density at radius 1 is 1.02 bits per heavy atom. The Labute approximate surface area is 285 Å². The van der Waals surface area contributed by atoms with Crippen molar-refractivity contribution in [1.29, 1.82) is 0 Å². The fourth-order valence-corrected chi connectivity index (χ4v) is 12.5. The molecular formula is C34H32BrF3N4O4SSi. The fraction of sp³-hybridized carbons (Fsp3) is 0.235. The number of fused-ring (bicyclic) bond motifs is 1. The third-order valence-electron chi connectivity index (χ3n) is 8.55. The van der Waals surface area contributed by atoms with Crippen LogP contribution in [-0.4, -0.2) is 62.2 Å². The van der Waals surface area contributed by atoms with Gasteiger partial charge in [0, 0.05) is 40.9 Å². The van der Waals surface area contributed by atoms with E-state index in [1.165, 1.54) is 12.4 Å². The van der Waals surface area contributed by atoms with Crippen molar-refractivity contribution in [1.82, 2.24) is 14.3 Å². The normalized spacial score (nSPS) is 17.6. The molecule has 48 heavy (non-hydrogen) atoms. The van der Waals surface area contributed by atoms with Crippen molar-refractivity contribution in [3.05, 3.63) is 118 Å². The quantitative estimate of drug-likeness (QED) is 0.140. The maximum Gasteiger partial charge on any atom is 0.301 e. The Hall–Kier alpha value is -3.82. The molecule has 1 aliphatic rings. The zero-order chi connectivity index (χ0) is 34.4. The van der Waals surface area contributed by atoms with E-state index < -0.39 is 71.1 Å². The number of carbonyl (C=O) groups is 1. The van der Waals surface area contributed by atoms with Gasteiger partial charge in [0.2, 0.25) is 5.78 Å². The monoisotopic (exact) mass is 756 g/mol. The molecule has 2 aromatic heterocycles. The Morgan fingerprint density at radius 3 is 2.25 bits per heavy atom. The number of nitrogens with zero attached hydrogens (tertiary/aromatic N) is 2. The van der Waals surface area contributed by atoms with Gasteiger partial charge >= 0.3 is 10.2 Å². The van der Waals surface area contributed by atoms with Crippen LogP contribution in [0.15, 0.2) is 95.7 Å². The number of aromatic nitrogens is 2. The molecule has 0 radical (unpaired) electrons. The van der Waals surface area contributed by atoms with Gasteiger partial charge in [-0.1, -0.05) is 81.4 Å². The van der Waals surface area contributed by atoms with E-state index in [4.69, 9.17) is 4.43 Å². The number of benzene rings is 3. The summed E-state index contributed by atoms with van der Waals surface area (Å²) >= 11 is 3.27. The zero-order valence-electron chi connectivity index (χ0n) is 26.2. The van der Waals surface area contributed by atoms with Crippen LogP contribution >= 0.6 is 15.9 Å². The maximum atomic E-state index is 15.9. The van der Waals surface area contributed by atoms with Gasteiger partial charge in [-0.05, 0) is 49.5 Å². The van der Waals surface area contributed by atoms with Crippen molar-refractivity contribution in [3.63, 3.8) is 0 Å². The second kappa shape index (κ2) is 12.9. The molecule has 5 aromatic rings. The lowest BCUT2D eigenvalue weighted by atomic mass is 10.0. The summed E-state index contributed by atoms with van der Waals surface area (Å²) in [5.41, 5.74) is -1.34. The number of alkyl halides is 1. The number of pyridine rings is 1. The first kappa shape index (κ1) is 34.1. The predicted octanol–water partition coefficient (Wildman–Crippen LogP) is 6.09. The van der Waals surface area contributed by atoms with Gasteiger partial charge in [-0.3, -0.25) is 9.52 Å². The Bertz CT molecular complexity index is 2060. The van der Waals surface area contributed by atoms with Crippen LogP contribution in [0.1, 0.15) is 36.7 Å². The van der Waals surface area contributed by atoms with Crippen LogP contribution in [0, 0.1) is 11.6 Å². The number of aromatic amines is 1. The van der Waals surface area contributed by atoms with Gasteiger partial charge < -0.3 is 9.41 Å². The number of ketones is 1. The minimum absolute atomic E-state index is 0.0558. The highest BCUT2D eigenvalue weighted by molar-refractivity contribution is 9.10. The van der Waals surface area contributed by atoms with E-state index in [9.17, 15) is 17.6 Å². The number of hydrogen-bond acceptors (Lipinski definition) is 5. The van der Waals surface area contributed by atoms with Crippen LogP contribution in [0.2, 0.25) is 5.04 Å². The molecule has 1 fully saturated rings. The van der Waals surface area contributed by atoms with Crippen LogP contribution in [0.4, 0.5) is 18.9 Å². The van der Waals surface area contributed by atoms with Gasteiger partial charge in [0.15, 0.2) is 5.82 Å². The summed E-state index contributed by atoms with van der Waals surface area (Å²) in [4.78, 5) is 20.3. The molecule has 250 valence electrons. The summed E-state index contributed by atoms with van der Waals surface area (Å²) in [6.45, 7) is 5.18. The average Bonchev–Trinajstić information content (AvgIpc) is 3.64. The standard InChI is InChI=1S/C34H32BrF3N4O4SSi/c1-34(2,3)48(22-10-6-4-7-11-22,23-12-8-5-9-13-23)46-29-20-42(19-27(29)37)47(44,45)41-28-15-14-26(36)30(31(28)38)32(43)25-18-40-33-24(25)16-21(35)17-39-33/h4-18,27,29,41H,19-20H2,1-3H3,(H,39,40). The van der Waals surface area contributed by atoms with Crippen molar-refractivity contribution >= 4 is 67.3 Å². The summed E-state index contributed by atoms with van der Waals surface area (Å²) in [6, 6.07) is 22.4. The van der Waals surface area contributed by atoms with Gasteiger partial charge in [-0.2, -0.15) is 12.7 Å². The molecule has 0 aliphatic carbocycles. The molecule has 0 bridgehead atoms. The van der Waals surface area contributed by atoms with Crippen molar-refractivity contribution in [2.24, 2.45) is 0 Å².